The van der Waals surface area contributed by atoms with Gasteiger partial charge in [-0.2, -0.15) is 10.5 Å². The molecule has 1 spiro atoms. The summed E-state index contributed by atoms with van der Waals surface area (Å²) in [6, 6.07) is 4.52. The molecular formula is C13H16N4O2. The molecule has 0 aromatic rings. The van der Waals surface area contributed by atoms with E-state index in [0.29, 0.717) is 19.6 Å². The Morgan fingerprint density at radius 3 is 2.42 bits per heavy atom. The Balaban J connectivity index is 2.23. The fourth-order valence-corrected chi connectivity index (χ4v) is 4.27. The van der Waals surface area contributed by atoms with Gasteiger partial charge in [-0.1, -0.05) is 20.3 Å². The van der Waals surface area contributed by atoms with E-state index < -0.39 is 22.2 Å². The van der Waals surface area contributed by atoms with Gasteiger partial charge in [0.2, 0.25) is 0 Å². The van der Waals surface area contributed by atoms with Crippen LogP contribution in [0.5, 0.6) is 0 Å². The number of nitrogens with zero attached hydrogens (tertiary/aromatic N) is 3. The van der Waals surface area contributed by atoms with Gasteiger partial charge in [-0.05, 0) is 6.42 Å². The molecule has 2 aliphatic heterocycles. The molecule has 3 rings (SSSR count). The van der Waals surface area contributed by atoms with E-state index in [-0.39, 0.29) is 5.84 Å². The van der Waals surface area contributed by atoms with Gasteiger partial charge in [-0.25, -0.2) is 4.99 Å². The second-order valence-electron chi connectivity index (χ2n) is 5.58. The highest BCUT2D eigenvalue weighted by Gasteiger charge is 2.99. The van der Waals surface area contributed by atoms with Crippen molar-refractivity contribution >= 4 is 5.84 Å². The van der Waals surface area contributed by atoms with Crippen LogP contribution in [-0.4, -0.2) is 25.0 Å². The summed E-state index contributed by atoms with van der Waals surface area (Å²) in [5, 5.41) is 19.4. The number of nitriles is 2. The molecule has 3 atom stereocenters. The lowest BCUT2D eigenvalue weighted by Crippen LogP contribution is -2.40. The molecule has 0 bridgehead atoms. The zero-order valence-electron chi connectivity index (χ0n) is 11.1. The van der Waals surface area contributed by atoms with Crippen LogP contribution in [0.1, 0.15) is 26.7 Å². The minimum atomic E-state index is -1.38. The Kier molecular flexibility index (Phi) is 2.14. The lowest BCUT2D eigenvalue weighted by Gasteiger charge is -2.29. The SMILES string of the molecule is CCC[C@@]1(C)[C@]2(C#N)C(N)=NC3(OCCO3)[C@]12C#N. The van der Waals surface area contributed by atoms with Gasteiger partial charge in [-0.3, -0.25) is 0 Å². The molecule has 0 aromatic heterocycles. The van der Waals surface area contributed by atoms with Gasteiger partial charge in [0.05, 0.1) is 25.4 Å². The Morgan fingerprint density at radius 2 is 1.95 bits per heavy atom. The fraction of sp³-hybridized carbons (Fsp3) is 0.769. The highest BCUT2D eigenvalue weighted by Crippen LogP contribution is 2.86. The molecule has 1 aliphatic carbocycles. The van der Waals surface area contributed by atoms with E-state index >= 15 is 0 Å². The molecule has 2 heterocycles. The number of hydrogen-bond donors (Lipinski definition) is 1. The molecule has 0 aromatic carbocycles. The summed E-state index contributed by atoms with van der Waals surface area (Å²) in [7, 11) is 0. The zero-order chi connectivity index (χ0) is 13.9. The number of fused-ring (bicyclic) bond motifs is 2. The van der Waals surface area contributed by atoms with Gasteiger partial charge in [0.25, 0.3) is 5.91 Å². The Hall–Kier alpha value is -1.63. The van der Waals surface area contributed by atoms with Crippen LogP contribution >= 0.6 is 0 Å². The first-order chi connectivity index (χ1) is 9.02. The van der Waals surface area contributed by atoms with E-state index in [2.05, 4.69) is 17.1 Å². The molecule has 2 N–H and O–H groups in total. The number of amidine groups is 1. The van der Waals surface area contributed by atoms with E-state index in [4.69, 9.17) is 15.2 Å². The lowest BCUT2D eigenvalue weighted by atomic mass is 9.87. The van der Waals surface area contributed by atoms with Crippen LogP contribution in [-0.2, 0) is 9.47 Å². The molecule has 3 aliphatic rings. The summed E-state index contributed by atoms with van der Waals surface area (Å²) in [6.45, 7) is 4.66. The van der Waals surface area contributed by atoms with Crippen molar-refractivity contribution in [2.24, 2.45) is 27.0 Å². The summed E-state index contributed by atoms with van der Waals surface area (Å²) in [4.78, 5) is 4.22. The van der Waals surface area contributed by atoms with Crippen molar-refractivity contribution < 1.29 is 9.47 Å². The Morgan fingerprint density at radius 1 is 1.32 bits per heavy atom. The molecule has 1 saturated carbocycles. The number of rotatable bonds is 2. The first-order valence-corrected chi connectivity index (χ1v) is 6.48. The van der Waals surface area contributed by atoms with E-state index in [1.165, 1.54) is 0 Å². The van der Waals surface area contributed by atoms with Gasteiger partial charge in [-0.15, -0.1) is 0 Å². The van der Waals surface area contributed by atoms with Gasteiger partial charge < -0.3 is 15.2 Å². The highest BCUT2D eigenvalue weighted by molar-refractivity contribution is 6.00. The summed E-state index contributed by atoms with van der Waals surface area (Å²) in [6.07, 6.45) is 1.56. The average Bonchev–Trinajstić information content (AvgIpc) is 2.72. The third-order valence-electron chi connectivity index (χ3n) is 5.05. The highest BCUT2D eigenvalue weighted by atomic mass is 16.8. The molecule has 100 valence electrons. The van der Waals surface area contributed by atoms with Gasteiger partial charge in [0, 0.05) is 5.41 Å². The third kappa shape index (κ3) is 0.869. The first kappa shape index (κ1) is 12.4. The molecule has 1 saturated heterocycles. The minimum absolute atomic E-state index is 0.175. The summed E-state index contributed by atoms with van der Waals surface area (Å²) >= 11 is 0. The summed E-state index contributed by atoms with van der Waals surface area (Å²) in [5.74, 6) is -1.21. The zero-order valence-corrected chi connectivity index (χ0v) is 11.1. The monoisotopic (exact) mass is 260 g/mol. The largest absolute Gasteiger partial charge is 0.386 e. The number of aliphatic imine (C=N–C) groups is 1. The molecule has 6 nitrogen and oxygen atoms in total. The van der Waals surface area contributed by atoms with Crippen LogP contribution in [0.3, 0.4) is 0 Å². The predicted octanol–water partition coefficient (Wildman–Crippen LogP) is 0.898. The maximum absolute atomic E-state index is 9.78. The number of nitrogens with two attached hydrogens (primary N) is 1. The van der Waals surface area contributed by atoms with Crippen LogP contribution in [0.25, 0.3) is 0 Å². The van der Waals surface area contributed by atoms with Crippen molar-refractivity contribution in [2.45, 2.75) is 32.6 Å². The van der Waals surface area contributed by atoms with E-state index in [1.54, 1.807) is 0 Å². The molecule has 2 fully saturated rings. The Labute approximate surface area is 111 Å². The molecule has 6 heteroatoms. The van der Waals surface area contributed by atoms with Crippen LogP contribution in [0, 0.1) is 38.9 Å². The van der Waals surface area contributed by atoms with Crippen molar-refractivity contribution in [3.05, 3.63) is 0 Å². The van der Waals surface area contributed by atoms with Gasteiger partial charge in [0.15, 0.2) is 5.41 Å². The second kappa shape index (κ2) is 3.27. The maximum Gasteiger partial charge on any atom is 0.293 e. The van der Waals surface area contributed by atoms with Crippen molar-refractivity contribution in [1.82, 2.24) is 0 Å². The van der Waals surface area contributed by atoms with Gasteiger partial charge >= 0.3 is 0 Å². The van der Waals surface area contributed by atoms with E-state index in [9.17, 15) is 10.5 Å². The van der Waals surface area contributed by atoms with Crippen molar-refractivity contribution in [2.75, 3.05) is 13.2 Å². The normalized spacial score (nSPS) is 45.4. The maximum atomic E-state index is 9.78. The van der Waals surface area contributed by atoms with Crippen LogP contribution in [0.4, 0.5) is 0 Å². The van der Waals surface area contributed by atoms with Crippen LogP contribution < -0.4 is 5.73 Å². The fourth-order valence-electron chi connectivity index (χ4n) is 4.27. The number of hydrogen-bond acceptors (Lipinski definition) is 6. The van der Waals surface area contributed by atoms with Crippen molar-refractivity contribution in [3.63, 3.8) is 0 Å². The van der Waals surface area contributed by atoms with Gasteiger partial charge in [0.1, 0.15) is 11.3 Å². The predicted molar refractivity (Wildman–Crippen MR) is 65.4 cm³/mol. The first-order valence-electron chi connectivity index (χ1n) is 6.48. The topological polar surface area (TPSA) is 104 Å². The molecule has 0 unspecified atom stereocenters. The molecule has 0 radical (unpaired) electrons. The lowest BCUT2D eigenvalue weighted by molar-refractivity contribution is -0.191. The van der Waals surface area contributed by atoms with E-state index in [0.717, 1.165) is 6.42 Å². The Bertz CT molecular complexity index is 554. The van der Waals surface area contributed by atoms with Crippen LogP contribution in [0.2, 0.25) is 0 Å². The molecule has 0 amide bonds. The van der Waals surface area contributed by atoms with Crippen molar-refractivity contribution in [3.8, 4) is 12.1 Å². The third-order valence-corrected chi connectivity index (χ3v) is 5.05. The minimum Gasteiger partial charge on any atom is -0.386 e. The van der Waals surface area contributed by atoms with E-state index in [1.807, 2.05) is 13.8 Å². The quantitative estimate of drug-likeness (QED) is 0.794. The standard InChI is InChI=1S/C13H16N4O2/c1-3-4-10(2)11(7-14)9(16)17-13(12(10,11)8-15)18-5-6-19-13/h3-6H2,1-2H3,(H2,16,17)/t10-,11-,12+/m0/s1. The van der Waals surface area contributed by atoms with Crippen molar-refractivity contribution in [1.29, 1.82) is 10.5 Å². The number of ether oxygens (including phenoxy) is 2. The molecular weight excluding hydrogens is 244 g/mol. The smallest absolute Gasteiger partial charge is 0.293 e. The molecule has 19 heavy (non-hydrogen) atoms. The van der Waals surface area contributed by atoms with Crippen LogP contribution in [0.15, 0.2) is 4.99 Å². The summed E-state index contributed by atoms with van der Waals surface area (Å²) < 4.78 is 11.3. The summed E-state index contributed by atoms with van der Waals surface area (Å²) in [5.41, 5.74) is 3.21. The average molecular weight is 260 g/mol. The second-order valence-corrected chi connectivity index (χ2v) is 5.58.